The highest BCUT2D eigenvalue weighted by atomic mass is 79.9. The molecule has 2 nitrogen and oxygen atoms in total. The normalized spacial score (nSPS) is 13.9. The molecule has 1 unspecified atom stereocenters. The second-order valence-corrected chi connectivity index (χ2v) is 6.14. The number of hydrogen-bond donors (Lipinski definition) is 1. The lowest BCUT2D eigenvalue weighted by Crippen LogP contribution is -2.53. The Morgan fingerprint density at radius 2 is 1.89 bits per heavy atom. The second kappa shape index (κ2) is 6.82. The van der Waals surface area contributed by atoms with Crippen molar-refractivity contribution in [1.82, 2.24) is 4.90 Å². The highest BCUT2D eigenvalue weighted by molar-refractivity contribution is 9.10. The van der Waals surface area contributed by atoms with Gasteiger partial charge in [-0.3, -0.25) is 4.90 Å². The van der Waals surface area contributed by atoms with Crippen LogP contribution in [0, 0.1) is 5.82 Å². The van der Waals surface area contributed by atoms with Crippen molar-refractivity contribution in [3.8, 4) is 0 Å². The number of aliphatic hydroxyl groups excluding tert-OH is 1. The van der Waals surface area contributed by atoms with E-state index in [2.05, 4.69) is 34.7 Å². The molecule has 108 valence electrons. The Kier molecular flexibility index (Phi) is 5.96. The zero-order valence-electron chi connectivity index (χ0n) is 12.1. The Hall–Kier alpha value is -0.450. The van der Waals surface area contributed by atoms with E-state index in [-0.39, 0.29) is 11.4 Å². The molecule has 1 aromatic rings. The summed E-state index contributed by atoms with van der Waals surface area (Å²) in [6.45, 7) is 9.97. The maximum atomic E-state index is 13.3. The fourth-order valence-corrected chi connectivity index (χ4v) is 2.82. The first kappa shape index (κ1) is 16.6. The minimum absolute atomic E-state index is 0.272. The zero-order valence-corrected chi connectivity index (χ0v) is 13.7. The SMILES string of the molecule is CCN(CC)C(C)(C)C(O)Cc1cc(F)ccc1Br. The monoisotopic (exact) mass is 331 g/mol. The van der Waals surface area contributed by atoms with E-state index in [9.17, 15) is 9.50 Å². The summed E-state index contributed by atoms with van der Waals surface area (Å²) in [6.07, 6.45) is -0.118. The standard InChI is InChI=1S/C15H23BrFNO/c1-5-18(6-2)15(3,4)14(19)10-11-9-12(17)7-8-13(11)16/h7-9,14,19H,5-6,10H2,1-4H3. The van der Waals surface area contributed by atoms with Crippen molar-refractivity contribution >= 4 is 15.9 Å². The van der Waals surface area contributed by atoms with Crippen LogP contribution in [0.25, 0.3) is 0 Å². The number of hydrogen-bond acceptors (Lipinski definition) is 2. The summed E-state index contributed by atoms with van der Waals surface area (Å²) in [6, 6.07) is 4.57. The third-order valence-electron chi connectivity index (χ3n) is 3.81. The maximum Gasteiger partial charge on any atom is 0.123 e. The van der Waals surface area contributed by atoms with Gasteiger partial charge in [-0.2, -0.15) is 0 Å². The summed E-state index contributed by atoms with van der Waals surface area (Å²) in [7, 11) is 0. The van der Waals surface area contributed by atoms with Crippen LogP contribution in [0.5, 0.6) is 0 Å². The summed E-state index contributed by atoms with van der Waals surface area (Å²) >= 11 is 3.41. The molecule has 0 fully saturated rings. The van der Waals surface area contributed by atoms with Gasteiger partial charge < -0.3 is 5.11 Å². The molecule has 0 bridgehead atoms. The largest absolute Gasteiger partial charge is 0.391 e. The number of benzene rings is 1. The molecule has 0 saturated heterocycles. The molecule has 19 heavy (non-hydrogen) atoms. The molecule has 4 heteroatoms. The number of halogens is 2. The molecule has 1 atom stereocenters. The van der Waals surface area contributed by atoms with E-state index in [1.165, 1.54) is 12.1 Å². The number of rotatable bonds is 6. The first-order chi connectivity index (χ1) is 8.82. The second-order valence-electron chi connectivity index (χ2n) is 5.28. The Morgan fingerprint density at radius 3 is 2.42 bits per heavy atom. The van der Waals surface area contributed by atoms with Crippen molar-refractivity contribution < 1.29 is 9.50 Å². The smallest absolute Gasteiger partial charge is 0.123 e. The first-order valence-electron chi connectivity index (χ1n) is 6.69. The van der Waals surface area contributed by atoms with Gasteiger partial charge in [-0.1, -0.05) is 29.8 Å². The molecule has 0 radical (unpaired) electrons. The predicted molar refractivity (Wildman–Crippen MR) is 80.8 cm³/mol. The summed E-state index contributed by atoms with van der Waals surface area (Å²) in [5, 5.41) is 10.5. The Morgan fingerprint density at radius 1 is 1.32 bits per heavy atom. The lowest BCUT2D eigenvalue weighted by molar-refractivity contribution is -0.00426. The van der Waals surface area contributed by atoms with Crippen LogP contribution in [0.4, 0.5) is 4.39 Å². The summed E-state index contributed by atoms with van der Waals surface area (Å²) in [4.78, 5) is 2.21. The van der Waals surface area contributed by atoms with Crippen molar-refractivity contribution in [1.29, 1.82) is 0 Å². The molecular weight excluding hydrogens is 309 g/mol. The van der Waals surface area contributed by atoms with Gasteiger partial charge in [0.2, 0.25) is 0 Å². The van der Waals surface area contributed by atoms with E-state index in [4.69, 9.17) is 0 Å². The van der Waals surface area contributed by atoms with E-state index in [0.717, 1.165) is 23.1 Å². The highest BCUT2D eigenvalue weighted by Gasteiger charge is 2.32. The maximum absolute atomic E-state index is 13.3. The van der Waals surface area contributed by atoms with Gasteiger partial charge in [-0.25, -0.2) is 4.39 Å². The summed E-state index contributed by atoms with van der Waals surface area (Å²) in [5.74, 6) is -0.272. The zero-order chi connectivity index (χ0) is 14.6. The average molecular weight is 332 g/mol. The molecule has 0 aromatic heterocycles. The molecule has 0 saturated carbocycles. The fraction of sp³-hybridized carbons (Fsp3) is 0.600. The van der Waals surface area contributed by atoms with Crippen LogP contribution in [-0.2, 0) is 6.42 Å². The van der Waals surface area contributed by atoms with Crippen LogP contribution in [0.1, 0.15) is 33.3 Å². The first-order valence-corrected chi connectivity index (χ1v) is 7.49. The van der Waals surface area contributed by atoms with Gasteiger partial charge in [0.25, 0.3) is 0 Å². The average Bonchev–Trinajstić information content (AvgIpc) is 2.35. The number of likely N-dealkylation sites (N-methyl/N-ethyl adjacent to an activating group) is 1. The predicted octanol–water partition coefficient (Wildman–Crippen LogP) is 3.61. The molecule has 0 heterocycles. The van der Waals surface area contributed by atoms with E-state index < -0.39 is 6.10 Å². The van der Waals surface area contributed by atoms with Gasteiger partial charge in [0.05, 0.1) is 6.10 Å². The molecule has 0 aliphatic rings. The quantitative estimate of drug-likeness (QED) is 0.860. The number of aliphatic hydroxyl groups is 1. The van der Waals surface area contributed by atoms with E-state index in [0.29, 0.717) is 6.42 Å². The third-order valence-corrected chi connectivity index (χ3v) is 4.59. The lowest BCUT2D eigenvalue weighted by Gasteiger charge is -2.41. The summed E-state index contributed by atoms with van der Waals surface area (Å²) in [5.41, 5.74) is 0.461. The summed E-state index contributed by atoms with van der Waals surface area (Å²) < 4.78 is 14.1. The fourth-order valence-electron chi connectivity index (χ4n) is 2.41. The van der Waals surface area contributed by atoms with Crippen LogP contribution in [0.3, 0.4) is 0 Å². The van der Waals surface area contributed by atoms with Crippen LogP contribution >= 0.6 is 15.9 Å². The molecular formula is C15H23BrFNO. The van der Waals surface area contributed by atoms with Crippen molar-refractivity contribution in [3.63, 3.8) is 0 Å². The van der Waals surface area contributed by atoms with Crippen LogP contribution in [0.2, 0.25) is 0 Å². The Labute approximate surface area is 123 Å². The van der Waals surface area contributed by atoms with Crippen LogP contribution in [0.15, 0.2) is 22.7 Å². The highest BCUT2D eigenvalue weighted by Crippen LogP contribution is 2.25. The van der Waals surface area contributed by atoms with Crippen molar-refractivity contribution in [3.05, 3.63) is 34.1 Å². The number of nitrogens with zero attached hydrogens (tertiary/aromatic N) is 1. The Bertz CT molecular complexity index is 419. The third kappa shape index (κ3) is 4.01. The molecule has 1 rings (SSSR count). The minimum atomic E-state index is -0.550. The van der Waals surface area contributed by atoms with Gasteiger partial charge in [-0.15, -0.1) is 0 Å². The van der Waals surface area contributed by atoms with Gasteiger partial charge in [0.1, 0.15) is 5.82 Å². The molecule has 0 aliphatic carbocycles. The van der Waals surface area contributed by atoms with E-state index >= 15 is 0 Å². The van der Waals surface area contributed by atoms with Crippen LogP contribution in [-0.4, -0.2) is 34.7 Å². The van der Waals surface area contributed by atoms with Gasteiger partial charge in [0.15, 0.2) is 0 Å². The molecule has 0 spiro atoms. The van der Waals surface area contributed by atoms with Gasteiger partial charge in [0, 0.05) is 16.4 Å². The van der Waals surface area contributed by atoms with E-state index in [1.807, 2.05) is 13.8 Å². The molecule has 1 N–H and O–H groups in total. The topological polar surface area (TPSA) is 23.5 Å². The molecule has 0 aliphatic heterocycles. The Balaban J connectivity index is 2.89. The molecule has 0 amide bonds. The molecule has 1 aromatic carbocycles. The van der Waals surface area contributed by atoms with Crippen molar-refractivity contribution in [2.24, 2.45) is 0 Å². The minimum Gasteiger partial charge on any atom is -0.391 e. The van der Waals surface area contributed by atoms with E-state index in [1.54, 1.807) is 6.07 Å². The van der Waals surface area contributed by atoms with Crippen molar-refractivity contribution in [2.75, 3.05) is 13.1 Å². The van der Waals surface area contributed by atoms with Gasteiger partial charge in [-0.05, 0) is 50.7 Å². The van der Waals surface area contributed by atoms with Crippen molar-refractivity contribution in [2.45, 2.75) is 45.8 Å². The van der Waals surface area contributed by atoms with Crippen LogP contribution < -0.4 is 0 Å². The van der Waals surface area contributed by atoms with Gasteiger partial charge >= 0.3 is 0 Å². The lowest BCUT2D eigenvalue weighted by atomic mass is 9.90.